The predicted octanol–water partition coefficient (Wildman–Crippen LogP) is 2.89. The van der Waals surface area contributed by atoms with Crippen LogP contribution in [0.3, 0.4) is 0 Å². The van der Waals surface area contributed by atoms with Crippen molar-refractivity contribution in [2.24, 2.45) is 0 Å². The molecule has 1 N–H and O–H groups in total. The molecule has 1 aliphatic heterocycles. The third-order valence-electron chi connectivity index (χ3n) is 3.94. The molecule has 0 amide bonds. The summed E-state index contributed by atoms with van der Waals surface area (Å²) in [5, 5.41) is 17.5. The zero-order chi connectivity index (χ0) is 14.9. The number of methoxy groups -OCH3 is 1. The Labute approximate surface area is 131 Å². The fraction of sp³-hybridized carbons (Fsp3) is 0.267. The number of hydrogen-bond acceptors (Lipinski definition) is 6. The molecule has 3 aromatic rings. The van der Waals surface area contributed by atoms with Crippen molar-refractivity contribution in [3.8, 4) is 5.75 Å². The van der Waals surface area contributed by atoms with Crippen molar-refractivity contribution >= 4 is 17.3 Å². The second kappa shape index (κ2) is 5.42. The molecule has 0 saturated carbocycles. The number of aromatic nitrogens is 4. The minimum atomic E-state index is 0.165. The molecule has 112 valence electrons. The molecule has 0 spiro atoms. The van der Waals surface area contributed by atoms with Crippen LogP contribution in [0.4, 0.5) is 5.95 Å². The van der Waals surface area contributed by atoms with E-state index in [0.29, 0.717) is 5.95 Å². The van der Waals surface area contributed by atoms with Crippen molar-refractivity contribution in [1.82, 2.24) is 20.2 Å². The van der Waals surface area contributed by atoms with Crippen LogP contribution >= 0.6 is 11.3 Å². The Bertz CT molecular complexity index is 753. The van der Waals surface area contributed by atoms with Crippen LogP contribution in [0.2, 0.25) is 0 Å². The Hall–Kier alpha value is -2.41. The van der Waals surface area contributed by atoms with Crippen LogP contribution in [0.5, 0.6) is 5.75 Å². The van der Waals surface area contributed by atoms with E-state index in [-0.39, 0.29) is 12.1 Å². The zero-order valence-electron chi connectivity index (χ0n) is 12.0. The summed E-state index contributed by atoms with van der Waals surface area (Å²) in [6, 6.07) is 12.7. The first kappa shape index (κ1) is 13.3. The normalized spacial score (nSPS) is 20.2. The molecular weight excluding hydrogens is 298 g/mol. The molecule has 7 heteroatoms. The largest absolute Gasteiger partial charge is 0.497 e. The van der Waals surface area contributed by atoms with Crippen LogP contribution in [0, 0.1) is 0 Å². The van der Waals surface area contributed by atoms with E-state index in [1.165, 1.54) is 10.4 Å². The standard InChI is InChI=1S/C15H15N5OS/c1-21-11-6-4-10(5-7-11)12-9-13(14-3-2-8-22-14)20-15(16-12)17-18-19-20/h2-8,12-13H,9H2,1H3,(H,16,17,19)/t12-,13-/m1/s1. The van der Waals surface area contributed by atoms with E-state index in [0.717, 1.165) is 12.2 Å². The van der Waals surface area contributed by atoms with Gasteiger partial charge in [-0.1, -0.05) is 23.3 Å². The molecule has 0 saturated heterocycles. The maximum Gasteiger partial charge on any atom is 0.244 e. The summed E-state index contributed by atoms with van der Waals surface area (Å²) in [6.45, 7) is 0. The second-order valence-electron chi connectivity index (χ2n) is 5.18. The first-order valence-electron chi connectivity index (χ1n) is 7.07. The number of benzene rings is 1. The zero-order valence-corrected chi connectivity index (χ0v) is 12.8. The van der Waals surface area contributed by atoms with Gasteiger partial charge in [-0.25, -0.2) is 4.68 Å². The summed E-state index contributed by atoms with van der Waals surface area (Å²) in [7, 11) is 1.68. The molecule has 0 radical (unpaired) electrons. The third kappa shape index (κ3) is 2.23. The van der Waals surface area contributed by atoms with Crippen LogP contribution < -0.4 is 10.1 Å². The number of hydrogen-bond donors (Lipinski definition) is 1. The SMILES string of the molecule is COc1ccc([C@H]2C[C@H](c3cccs3)n3nnnc3N2)cc1. The summed E-state index contributed by atoms with van der Waals surface area (Å²) in [6.07, 6.45) is 0.908. The highest BCUT2D eigenvalue weighted by Crippen LogP contribution is 2.38. The molecular formula is C15H15N5OS. The smallest absolute Gasteiger partial charge is 0.244 e. The summed E-state index contributed by atoms with van der Waals surface area (Å²) < 4.78 is 7.09. The molecule has 0 fully saturated rings. The lowest BCUT2D eigenvalue weighted by Crippen LogP contribution is -2.27. The van der Waals surface area contributed by atoms with E-state index in [4.69, 9.17) is 4.74 Å². The Morgan fingerprint density at radius 2 is 2.14 bits per heavy atom. The van der Waals surface area contributed by atoms with Crippen LogP contribution in [-0.2, 0) is 0 Å². The Morgan fingerprint density at radius 1 is 1.27 bits per heavy atom. The van der Waals surface area contributed by atoms with E-state index >= 15 is 0 Å². The van der Waals surface area contributed by atoms with E-state index < -0.39 is 0 Å². The fourth-order valence-electron chi connectivity index (χ4n) is 2.81. The summed E-state index contributed by atoms with van der Waals surface area (Å²) in [5.41, 5.74) is 1.21. The first-order chi connectivity index (χ1) is 10.8. The van der Waals surface area contributed by atoms with Gasteiger partial charge in [0.05, 0.1) is 19.2 Å². The monoisotopic (exact) mass is 313 g/mol. The minimum Gasteiger partial charge on any atom is -0.497 e. The maximum atomic E-state index is 5.23. The first-order valence-corrected chi connectivity index (χ1v) is 7.95. The molecule has 1 aromatic carbocycles. The molecule has 6 nitrogen and oxygen atoms in total. The highest BCUT2D eigenvalue weighted by atomic mass is 32.1. The van der Waals surface area contributed by atoms with Crippen LogP contribution in [0.1, 0.15) is 28.9 Å². The number of nitrogens with zero attached hydrogens (tertiary/aromatic N) is 4. The highest BCUT2D eigenvalue weighted by Gasteiger charge is 2.31. The highest BCUT2D eigenvalue weighted by molar-refractivity contribution is 7.10. The van der Waals surface area contributed by atoms with Crippen LogP contribution in [0.15, 0.2) is 41.8 Å². The lowest BCUT2D eigenvalue weighted by Gasteiger charge is -2.30. The van der Waals surface area contributed by atoms with Gasteiger partial charge in [-0.15, -0.1) is 11.3 Å². The Balaban J connectivity index is 1.68. The Morgan fingerprint density at radius 3 is 2.86 bits per heavy atom. The lowest BCUT2D eigenvalue weighted by molar-refractivity contribution is 0.413. The molecule has 1 aliphatic rings. The van der Waals surface area contributed by atoms with Crippen molar-refractivity contribution in [3.05, 3.63) is 52.2 Å². The number of thiophene rings is 1. The van der Waals surface area contributed by atoms with Gasteiger partial charge in [-0.05, 0) is 46.0 Å². The molecule has 0 unspecified atom stereocenters. The number of anilines is 1. The van der Waals surface area contributed by atoms with Gasteiger partial charge in [0, 0.05) is 4.88 Å². The van der Waals surface area contributed by atoms with Crippen molar-refractivity contribution in [2.45, 2.75) is 18.5 Å². The number of rotatable bonds is 3. The molecule has 0 aliphatic carbocycles. The molecule has 2 aromatic heterocycles. The topological polar surface area (TPSA) is 64.9 Å². The molecule has 2 atom stereocenters. The molecule has 4 rings (SSSR count). The quantitative estimate of drug-likeness (QED) is 0.805. The van der Waals surface area contributed by atoms with Gasteiger partial charge in [0.15, 0.2) is 0 Å². The fourth-order valence-corrected chi connectivity index (χ4v) is 3.63. The van der Waals surface area contributed by atoms with Crippen molar-refractivity contribution in [3.63, 3.8) is 0 Å². The average molecular weight is 313 g/mol. The van der Waals surface area contributed by atoms with Gasteiger partial charge in [-0.3, -0.25) is 0 Å². The summed E-state index contributed by atoms with van der Waals surface area (Å²) >= 11 is 1.74. The van der Waals surface area contributed by atoms with Crippen LogP contribution in [0.25, 0.3) is 0 Å². The third-order valence-corrected chi connectivity index (χ3v) is 4.91. The molecule has 22 heavy (non-hydrogen) atoms. The van der Waals surface area contributed by atoms with Gasteiger partial charge < -0.3 is 10.1 Å². The van der Waals surface area contributed by atoms with Gasteiger partial charge in [0.25, 0.3) is 0 Å². The lowest BCUT2D eigenvalue weighted by atomic mass is 9.97. The van der Waals surface area contributed by atoms with Gasteiger partial charge in [-0.2, -0.15) is 0 Å². The van der Waals surface area contributed by atoms with E-state index in [9.17, 15) is 0 Å². The predicted molar refractivity (Wildman–Crippen MR) is 84.2 cm³/mol. The van der Waals surface area contributed by atoms with Gasteiger partial charge in [0.1, 0.15) is 5.75 Å². The number of ether oxygens (including phenoxy) is 1. The van der Waals surface area contributed by atoms with E-state index in [2.05, 4.69) is 50.5 Å². The number of fused-ring (bicyclic) bond motifs is 1. The maximum absolute atomic E-state index is 5.23. The molecule has 3 heterocycles. The molecule has 0 bridgehead atoms. The second-order valence-corrected chi connectivity index (χ2v) is 6.16. The van der Waals surface area contributed by atoms with Crippen molar-refractivity contribution in [1.29, 1.82) is 0 Å². The van der Waals surface area contributed by atoms with E-state index in [1.54, 1.807) is 18.4 Å². The van der Waals surface area contributed by atoms with Gasteiger partial charge >= 0.3 is 0 Å². The summed E-state index contributed by atoms with van der Waals surface area (Å²) in [4.78, 5) is 1.27. The minimum absolute atomic E-state index is 0.165. The number of nitrogens with one attached hydrogen (secondary N) is 1. The van der Waals surface area contributed by atoms with Crippen molar-refractivity contribution in [2.75, 3.05) is 12.4 Å². The summed E-state index contributed by atoms with van der Waals surface area (Å²) in [5.74, 6) is 1.57. The Kier molecular flexibility index (Phi) is 3.27. The van der Waals surface area contributed by atoms with E-state index in [1.807, 2.05) is 16.8 Å². The number of tetrazole rings is 1. The van der Waals surface area contributed by atoms with Gasteiger partial charge in [0.2, 0.25) is 5.95 Å². The van der Waals surface area contributed by atoms with Crippen molar-refractivity contribution < 1.29 is 4.74 Å². The van der Waals surface area contributed by atoms with Crippen LogP contribution in [-0.4, -0.2) is 27.3 Å². The average Bonchev–Trinajstić information content (AvgIpc) is 3.25.